The molecule has 14 heteroatoms. The predicted molar refractivity (Wildman–Crippen MR) is 624 cm³/mol. The fourth-order valence-electron chi connectivity index (χ4n) is 20.9. The van der Waals surface area contributed by atoms with Crippen molar-refractivity contribution >= 4 is 286 Å². The van der Waals surface area contributed by atoms with Gasteiger partial charge in [0.2, 0.25) is 0 Å². The van der Waals surface area contributed by atoms with Crippen molar-refractivity contribution in [2.24, 2.45) is 0 Å². The van der Waals surface area contributed by atoms with Crippen LogP contribution in [-0.2, 0) is 0 Å². The molecule has 29 aromatic rings. The van der Waals surface area contributed by atoms with Gasteiger partial charge in [0.15, 0.2) is 0 Å². The second-order valence-electron chi connectivity index (χ2n) is 35.7. The number of para-hydroxylation sites is 4. The molecule has 0 atom stereocenters. The first-order valence-corrected chi connectivity index (χ1v) is 50.9. The molecule has 0 saturated heterocycles. The molecule has 4 heterocycles. The number of hydrogen-bond acceptors (Lipinski definition) is 8. The predicted octanol–water partition coefficient (Wildman–Crippen LogP) is 37.1. The largest absolute Gasteiger partial charge is 0.569 e. The Morgan fingerprint density at radius 2 is 0.500 bits per heavy atom. The zero-order chi connectivity index (χ0) is 97.0. The van der Waals surface area contributed by atoms with Crippen LogP contribution < -0.4 is 10.1 Å². The highest BCUT2D eigenvalue weighted by molar-refractivity contribution is 14.1. The molecule has 0 unspecified atom stereocenters. The third-order valence-corrected chi connectivity index (χ3v) is 29.6. The molecule has 0 spiro atoms. The molecule has 0 aliphatic heterocycles. The van der Waals surface area contributed by atoms with Crippen molar-refractivity contribution in [1.82, 2.24) is 0 Å². The molecule has 0 bridgehead atoms. The van der Waals surface area contributed by atoms with Crippen LogP contribution >= 0.6 is 70.4 Å². The van der Waals surface area contributed by atoms with Crippen LogP contribution in [0.2, 0.25) is 0 Å². The van der Waals surface area contributed by atoms with Gasteiger partial charge >= 0.3 is 14.8 Å². The Kier molecular flexibility index (Phi) is 24.8. The van der Waals surface area contributed by atoms with Crippen LogP contribution in [0.4, 0.5) is 0 Å². The lowest BCUT2D eigenvalue weighted by molar-refractivity contribution is 0.426. The average molecular weight is 2160 g/mol. The van der Waals surface area contributed by atoms with Gasteiger partial charge in [-0.15, -0.1) is 0 Å². The number of halogens is 4. The van der Waals surface area contributed by atoms with Gasteiger partial charge in [0.1, 0.15) is 50.4 Å². The van der Waals surface area contributed by atoms with Crippen molar-refractivity contribution in [1.29, 1.82) is 0 Å². The van der Waals surface area contributed by atoms with Crippen molar-refractivity contribution in [2.45, 2.75) is 0 Å². The van der Waals surface area contributed by atoms with E-state index in [9.17, 15) is 15.1 Å². The van der Waals surface area contributed by atoms with Crippen LogP contribution in [0.1, 0.15) is 0 Å². The van der Waals surface area contributed by atoms with Gasteiger partial charge < -0.3 is 37.4 Å². The van der Waals surface area contributed by atoms with Crippen LogP contribution in [0.25, 0.3) is 251 Å². The van der Waals surface area contributed by atoms with E-state index in [-0.39, 0.29) is 0 Å². The summed E-state index contributed by atoms with van der Waals surface area (Å²) in [5, 5.41) is 60.7. The van der Waals surface area contributed by atoms with Gasteiger partial charge in [-0.2, -0.15) is 0 Å². The first kappa shape index (κ1) is 90.8. The van der Waals surface area contributed by atoms with Crippen LogP contribution in [0.3, 0.4) is 0 Å². The van der Waals surface area contributed by atoms with Crippen molar-refractivity contribution in [3.05, 3.63) is 490 Å². The van der Waals surface area contributed by atoms with Crippen molar-refractivity contribution in [3.63, 3.8) is 0 Å². The Morgan fingerprint density at radius 1 is 0.215 bits per heavy atom. The third kappa shape index (κ3) is 17.0. The maximum Gasteiger partial charge on any atom is 0.569 e. The Bertz CT molecular complexity index is 9980. The Labute approximate surface area is 867 Å². The number of benzene rings is 25. The van der Waals surface area contributed by atoms with Crippen molar-refractivity contribution < 1.29 is 37.4 Å². The first-order valence-electron chi connectivity index (χ1n) is 47.5. The smallest absolute Gasteiger partial charge is 0.537 e. The second kappa shape index (κ2) is 39.3. The summed E-state index contributed by atoms with van der Waals surface area (Å²) in [5.41, 5.74) is 19.2. The summed E-state index contributed by atoms with van der Waals surface area (Å²) in [6.07, 6.45) is 0. The van der Waals surface area contributed by atoms with Crippen molar-refractivity contribution in [2.75, 3.05) is 0 Å². The Morgan fingerprint density at radius 3 is 0.896 bits per heavy atom. The van der Waals surface area contributed by atoms with E-state index in [0.29, 0.717) is 16.8 Å². The Balaban J connectivity index is 0.0000000993. The quantitative estimate of drug-likeness (QED) is 0.0781. The highest BCUT2D eigenvalue weighted by Crippen LogP contribution is 2.51. The topological polar surface area (TPSA) is 122 Å². The molecule has 29 rings (SSSR count). The molecule has 25 aromatic carbocycles. The second-order valence-corrected chi connectivity index (χ2v) is 39.5. The summed E-state index contributed by atoms with van der Waals surface area (Å²) in [5.74, 6) is 0.674. The van der Waals surface area contributed by atoms with Crippen molar-refractivity contribution in [3.8, 4) is 61.4 Å². The normalized spacial score (nSPS) is 11.4. The van der Waals surface area contributed by atoms with Crippen LogP contribution in [0, 0.1) is 3.57 Å². The molecule has 3 N–H and O–H groups in total. The fourth-order valence-corrected chi connectivity index (χ4v) is 23.3. The summed E-state index contributed by atoms with van der Waals surface area (Å²) >= 11 is 12.9. The van der Waals surface area contributed by atoms with E-state index in [1.54, 1.807) is 0 Å². The molecule has 0 aliphatic rings. The highest BCUT2D eigenvalue weighted by atomic mass is 127. The van der Waals surface area contributed by atoms with E-state index in [2.05, 4.69) is 392 Å². The Hall–Kier alpha value is -15.7. The SMILES string of the molecule is Brc1c2ccccc2cc2c1oc1ccccc12.Brc1cccc(-c2c3ccccc3cc3c2oc2ccccc23)c1.Brc1cccc(I)c1.OB(O)c1c2ccccc2cc2c1oc1ccccc12.O[B]Oc1c2ccccc2c(-c2ccc3ccccc3c2)c2ccccc12.c1cc(-c2c3ccccc3c(-c3ccc4ccccc4c3)c3ccccc23)cc(-c2c3ccccc3cc3c2oc2ccccc23)c1. The molecule has 0 fully saturated rings. The summed E-state index contributed by atoms with van der Waals surface area (Å²) in [6.45, 7) is 0. The van der Waals surface area contributed by atoms with Gasteiger partial charge in [-0.1, -0.05) is 408 Å². The van der Waals surface area contributed by atoms with E-state index in [1.165, 1.54) is 123 Å². The van der Waals surface area contributed by atoms with Gasteiger partial charge in [0, 0.05) is 83.0 Å². The number of fused-ring (bicyclic) bond motifs is 22. The third-order valence-electron chi connectivity index (χ3n) is 27.2. The molecule has 144 heavy (non-hydrogen) atoms. The number of rotatable bonds is 8. The van der Waals surface area contributed by atoms with Gasteiger partial charge in [-0.05, 0) is 277 Å². The molecule has 0 saturated carbocycles. The lowest BCUT2D eigenvalue weighted by atomic mass is 9.76. The van der Waals surface area contributed by atoms with E-state index in [1.807, 2.05) is 152 Å². The number of hydrogen-bond donors (Lipinski definition) is 3. The highest BCUT2D eigenvalue weighted by Gasteiger charge is 2.27. The maximum atomic E-state index is 9.74. The van der Waals surface area contributed by atoms with Gasteiger partial charge in [-0.25, -0.2) is 0 Å². The zero-order valence-electron chi connectivity index (χ0n) is 77.1. The van der Waals surface area contributed by atoms with Crippen LogP contribution in [0.15, 0.2) is 504 Å². The molecule has 683 valence electrons. The standard InChI is InChI=1S/C46H28O.C24H16BO2.C22H13BrO.C16H11BO3.C16H9BrO.C6H4BrI/c1-2-13-30-26-34(25-24-29(30)12-1)44-39-21-7-5-19-37(39)43(38-20-6-8-22-40(38)44)32-15-11-16-33(27-32)45-35-17-4-3-14-31(35)28-41-36-18-9-10-23-42(36)47-46(41)45;26-25-27-24-21-11-5-3-9-19(21)23(20-10-4-6-12-22(20)24)18-14-13-16-7-1-2-8-17(16)15-18;23-16-8-5-7-15(12-16)21-17-9-2-1-6-14(17)13-19-18-10-3-4-11-20(18)24-22(19)21;18-17(19)15-11-6-2-1-5-10(11)9-13-12-7-3-4-8-14(12)20-16(13)15;17-15-11-6-2-1-5-10(11)9-13-12-7-3-4-8-14(12)18-16(13)15;7-5-2-1-3-6(8)4-5/h1-28H;1-15,26H;1-13H;1-9,18-19H;1-9H;1-4H. The lowest BCUT2D eigenvalue weighted by Gasteiger charge is -2.18. The molecule has 0 amide bonds. The monoisotopic (exact) mass is 2160 g/mol. The summed E-state index contributed by atoms with van der Waals surface area (Å²) in [4.78, 5) is 0. The summed E-state index contributed by atoms with van der Waals surface area (Å²) in [7, 11) is -0.812. The van der Waals surface area contributed by atoms with Crippen LogP contribution in [0.5, 0.6) is 5.75 Å². The minimum Gasteiger partial charge on any atom is -0.537 e. The molecule has 0 aliphatic carbocycles. The lowest BCUT2D eigenvalue weighted by Crippen LogP contribution is -2.31. The van der Waals surface area contributed by atoms with E-state index in [0.717, 1.165) is 147 Å². The molecule has 1 radical (unpaired) electrons. The molecule has 4 aromatic heterocycles. The van der Waals surface area contributed by atoms with Gasteiger partial charge in [-0.3, -0.25) is 0 Å². The molecular formula is C130H81B2Br3IO8. The van der Waals surface area contributed by atoms with E-state index >= 15 is 0 Å². The fraction of sp³-hybridized carbons (Fsp3) is 0. The molecular weight excluding hydrogens is 2080 g/mol. The minimum absolute atomic E-state index is 0.425. The van der Waals surface area contributed by atoms with Gasteiger partial charge in [0.05, 0.1) is 4.47 Å². The maximum absolute atomic E-state index is 9.74. The van der Waals surface area contributed by atoms with E-state index < -0.39 is 7.12 Å². The number of furan rings is 4. The van der Waals surface area contributed by atoms with E-state index in [4.69, 9.17) is 22.3 Å². The van der Waals surface area contributed by atoms with Crippen LogP contribution in [-0.4, -0.2) is 29.9 Å². The zero-order valence-corrected chi connectivity index (χ0v) is 84.0. The summed E-state index contributed by atoms with van der Waals surface area (Å²) < 4.78 is 34.7. The van der Waals surface area contributed by atoms with Gasteiger partial charge in [0.25, 0.3) is 0 Å². The molecule has 8 nitrogen and oxygen atoms in total. The summed E-state index contributed by atoms with van der Waals surface area (Å²) in [6, 6.07) is 164. The first-order chi connectivity index (χ1) is 70.9. The average Bonchev–Trinajstić information content (AvgIpc) is 1.31. The minimum atomic E-state index is -1.57.